The number of amides is 1. The topological polar surface area (TPSA) is 58.6 Å². The van der Waals surface area contributed by atoms with Crippen molar-refractivity contribution >= 4 is 11.9 Å². The molecule has 2 atom stereocenters. The fourth-order valence-corrected chi connectivity index (χ4v) is 2.26. The molecule has 0 aromatic rings. The van der Waals surface area contributed by atoms with Crippen LogP contribution in [0.25, 0.3) is 0 Å². The Bertz CT molecular complexity index is 272. The summed E-state index contributed by atoms with van der Waals surface area (Å²) in [4.78, 5) is 24.1. The fourth-order valence-electron chi connectivity index (χ4n) is 2.26. The highest BCUT2D eigenvalue weighted by Gasteiger charge is 2.35. The van der Waals surface area contributed by atoms with Gasteiger partial charge in [-0.05, 0) is 12.8 Å². The van der Waals surface area contributed by atoms with Crippen LogP contribution in [0.1, 0.15) is 19.8 Å². The standard InChI is InChI=1S/C10H16N2O3/c1-7(13)15-6-10(14)12-5-8-2-3-9(12)4-11-8/h8-9,11H,2-6H2,1H3. The molecule has 3 aliphatic heterocycles. The van der Waals surface area contributed by atoms with Crippen molar-refractivity contribution in [3.63, 3.8) is 0 Å². The zero-order valence-corrected chi connectivity index (χ0v) is 8.86. The van der Waals surface area contributed by atoms with Crippen LogP contribution in [0.15, 0.2) is 0 Å². The summed E-state index contributed by atoms with van der Waals surface area (Å²) in [6.45, 7) is 2.83. The molecule has 0 radical (unpaired) electrons. The lowest BCUT2D eigenvalue weighted by Gasteiger charge is -2.45. The zero-order chi connectivity index (χ0) is 10.8. The minimum atomic E-state index is -0.399. The number of nitrogens with zero attached hydrogens (tertiary/aromatic N) is 1. The number of carbonyl (C=O) groups excluding carboxylic acids is 2. The first-order valence-electron chi connectivity index (χ1n) is 5.33. The summed E-state index contributed by atoms with van der Waals surface area (Å²) in [6.07, 6.45) is 2.20. The van der Waals surface area contributed by atoms with Crippen molar-refractivity contribution in [2.75, 3.05) is 19.7 Å². The molecule has 2 bridgehead atoms. The van der Waals surface area contributed by atoms with Gasteiger partial charge >= 0.3 is 5.97 Å². The first-order valence-corrected chi connectivity index (χ1v) is 5.33. The quantitative estimate of drug-likeness (QED) is 0.628. The molecule has 5 heteroatoms. The highest BCUT2D eigenvalue weighted by Crippen LogP contribution is 2.22. The molecule has 15 heavy (non-hydrogen) atoms. The number of rotatable bonds is 2. The smallest absolute Gasteiger partial charge is 0.303 e. The summed E-state index contributed by atoms with van der Waals surface area (Å²) in [7, 11) is 0. The number of esters is 1. The van der Waals surface area contributed by atoms with Crippen LogP contribution in [0.2, 0.25) is 0 Å². The van der Waals surface area contributed by atoms with Gasteiger partial charge in [-0.1, -0.05) is 0 Å². The van der Waals surface area contributed by atoms with E-state index in [-0.39, 0.29) is 18.6 Å². The maximum Gasteiger partial charge on any atom is 0.303 e. The third-order valence-electron chi connectivity index (χ3n) is 3.07. The van der Waals surface area contributed by atoms with Gasteiger partial charge < -0.3 is 15.0 Å². The number of ether oxygens (including phenoxy) is 1. The second kappa shape index (κ2) is 4.18. The molecule has 5 nitrogen and oxygen atoms in total. The van der Waals surface area contributed by atoms with Gasteiger partial charge in [-0.3, -0.25) is 9.59 Å². The van der Waals surface area contributed by atoms with E-state index in [2.05, 4.69) is 5.32 Å². The Kier molecular flexibility index (Phi) is 2.90. The molecular weight excluding hydrogens is 196 g/mol. The van der Waals surface area contributed by atoms with Crippen molar-refractivity contribution in [1.82, 2.24) is 10.2 Å². The summed E-state index contributed by atoms with van der Waals surface area (Å²) in [6, 6.07) is 0.717. The van der Waals surface area contributed by atoms with E-state index in [0.29, 0.717) is 6.04 Å². The third kappa shape index (κ3) is 2.28. The second-order valence-corrected chi connectivity index (χ2v) is 4.16. The van der Waals surface area contributed by atoms with Crippen molar-refractivity contribution in [3.8, 4) is 0 Å². The minimum absolute atomic E-state index is 0.0681. The molecule has 3 aliphatic rings. The van der Waals surface area contributed by atoms with Crippen molar-refractivity contribution in [1.29, 1.82) is 0 Å². The van der Waals surface area contributed by atoms with Gasteiger partial charge in [-0.2, -0.15) is 0 Å². The maximum absolute atomic E-state index is 11.7. The molecule has 0 aromatic carbocycles. The molecule has 0 aliphatic carbocycles. The number of hydrogen-bond donors (Lipinski definition) is 1. The largest absolute Gasteiger partial charge is 0.456 e. The van der Waals surface area contributed by atoms with Crippen LogP contribution in [0.4, 0.5) is 0 Å². The molecule has 3 heterocycles. The Morgan fingerprint density at radius 3 is 2.73 bits per heavy atom. The van der Waals surface area contributed by atoms with Gasteiger partial charge in [-0.15, -0.1) is 0 Å². The lowest BCUT2D eigenvalue weighted by atomic mass is 9.93. The summed E-state index contributed by atoms with van der Waals surface area (Å²) >= 11 is 0. The normalized spacial score (nSPS) is 29.0. The van der Waals surface area contributed by atoms with E-state index in [1.54, 1.807) is 0 Å². The van der Waals surface area contributed by atoms with Gasteiger partial charge in [0.15, 0.2) is 6.61 Å². The first-order chi connectivity index (χ1) is 7.16. The van der Waals surface area contributed by atoms with E-state index < -0.39 is 5.97 Å². The molecule has 1 N–H and O–H groups in total. The molecule has 0 aromatic heterocycles. The number of piperidine rings is 2. The maximum atomic E-state index is 11.7. The highest BCUT2D eigenvalue weighted by molar-refractivity contribution is 5.80. The van der Waals surface area contributed by atoms with Gasteiger partial charge in [0, 0.05) is 32.1 Å². The number of hydrogen-bond acceptors (Lipinski definition) is 4. The molecule has 3 rings (SSSR count). The van der Waals surface area contributed by atoms with Crippen LogP contribution >= 0.6 is 0 Å². The van der Waals surface area contributed by atoms with E-state index in [4.69, 9.17) is 4.74 Å². The molecule has 84 valence electrons. The molecule has 0 spiro atoms. The summed E-state index contributed by atoms with van der Waals surface area (Å²) in [5, 5.41) is 3.37. The average molecular weight is 212 g/mol. The van der Waals surface area contributed by atoms with Crippen molar-refractivity contribution in [2.24, 2.45) is 0 Å². The summed E-state index contributed by atoms with van der Waals surface area (Å²) < 4.78 is 4.71. The monoisotopic (exact) mass is 212 g/mol. The van der Waals surface area contributed by atoms with Crippen LogP contribution in [0.3, 0.4) is 0 Å². The van der Waals surface area contributed by atoms with Crippen LogP contribution in [-0.2, 0) is 14.3 Å². The molecule has 1 amide bonds. The lowest BCUT2D eigenvalue weighted by molar-refractivity contribution is -0.153. The predicted octanol–water partition coefficient (Wildman–Crippen LogP) is -0.488. The summed E-state index contributed by atoms with van der Waals surface area (Å²) in [5.74, 6) is -0.468. The Morgan fingerprint density at radius 1 is 1.47 bits per heavy atom. The number of carbonyl (C=O) groups is 2. The Morgan fingerprint density at radius 2 is 2.27 bits per heavy atom. The molecular formula is C10H16N2O3. The molecule has 3 fully saturated rings. The highest BCUT2D eigenvalue weighted by atomic mass is 16.5. The van der Waals surface area contributed by atoms with Gasteiger partial charge in [0.2, 0.25) is 0 Å². The average Bonchev–Trinajstić information content (AvgIpc) is 2.27. The molecule has 2 unspecified atom stereocenters. The summed E-state index contributed by atoms with van der Waals surface area (Å²) in [5.41, 5.74) is 0. The van der Waals surface area contributed by atoms with E-state index in [0.717, 1.165) is 25.9 Å². The first kappa shape index (κ1) is 10.4. The van der Waals surface area contributed by atoms with Gasteiger partial charge in [-0.25, -0.2) is 0 Å². The van der Waals surface area contributed by atoms with E-state index in [9.17, 15) is 9.59 Å². The van der Waals surface area contributed by atoms with Crippen LogP contribution in [-0.4, -0.2) is 48.6 Å². The Labute approximate surface area is 88.8 Å². The van der Waals surface area contributed by atoms with Gasteiger partial charge in [0.1, 0.15) is 0 Å². The van der Waals surface area contributed by atoms with E-state index >= 15 is 0 Å². The number of fused-ring (bicyclic) bond motifs is 3. The van der Waals surface area contributed by atoms with Crippen molar-refractivity contribution < 1.29 is 14.3 Å². The van der Waals surface area contributed by atoms with Crippen LogP contribution in [0, 0.1) is 0 Å². The molecule has 3 saturated heterocycles. The Balaban J connectivity index is 1.87. The number of nitrogens with one attached hydrogen (secondary N) is 1. The number of piperazine rings is 1. The second-order valence-electron chi connectivity index (χ2n) is 4.16. The molecule has 0 saturated carbocycles. The lowest BCUT2D eigenvalue weighted by Crippen LogP contribution is -2.63. The SMILES string of the molecule is CC(=O)OCC(=O)N1CC2CCC1CN2. The fraction of sp³-hybridized carbons (Fsp3) is 0.800. The van der Waals surface area contributed by atoms with Gasteiger partial charge in [0.25, 0.3) is 5.91 Å². The zero-order valence-electron chi connectivity index (χ0n) is 8.86. The van der Waals surface area contributed by atoms with E-state index in [1.807, 2.05) is 4.90 Å². The van der Waals surface area contributed by atoms with Crippen LogP contribution in [0.5, 0.6) is 0 Å². The van der Waals surface area contributed by atoms with E-state index in [1.165, 1.54) is 6.92 Å². The minimum Gasteiger partial charge on any atom is -0.456 e. The third-order valence-corrected chi connectivity index (χ3v) is 3.07. The van der Waals surface area contributed by atoms with Gasteiger partial charge in [0.05, 0.1) is 0 Å². The van der Waals surface area contributed by atoms with Crippen molar-refractivity contribution in [3.05, 3.63) is 0 Å². The van der Waals surface area contributed by atoms with Crippen LogP contribution < -0.4 is 5.32 Å². The Hall–Kier alpha value is -1.10. The predicted molar refractivity (Wildman–Crippen MR) is 53.2 cm³/mol. The van der Waals surface area contributed by atoms with Crippen molar-refractivity contribution in [2.45, 2.75) is 31.8 Å².